The lowest BCUT2D eigenvalue weighted by Crippen LogP contribution is -2.53. The minimum atomic E-state index is -1.03. The molecule has 46 heavy (non-hydrogen) atoms. The first-order chi connectivity index (χ1) is 21.9. The number of nitrogens with one attached hydrogen (secondary N) is 2. The van der Waals surface area contributed by atoms with Crippen LogP contribution in [0.15, 0.2) is 72.8 Å². The number of phenols is 1. The van der Waals surface area contributed by atoms with Crippen LogP contribution in [-0.2, 0) is 20.7 Å². The Balaban J connectivity index is 2.05. The standard InChI is InChI=1S/C38H51N3O5/c1-7-8-9-10-11-15-25-41(34(30-19-13-12-14-20-30)35(43)40-33-27(2)17-16-18-28(33)3)36(44)32(39-37(45)46-38(4,5)6)26-29-21-23-31(42)24-22-29/h12-14,16-24,32,34,42H,7-11,15,25-26H2,1-6H3,(H,39,45)(H,40,43). The highest BCUT2D eigenvalue weighted by molar-refractivity contribution is 6.00. The number of benzene rings is 3. The normalized spacial score (nSPS) is 12.6. The summed E-state index contributed by atoms with van der Waals surface area (Å²) >= 11 is 0. The van der Waals surface area contributed by atoms with Crippen LogP contribution in [0.2, 0.25) is 0 Å². The van der Waals surface area contributed by atoms with Gasteiger partial charge < -0.3 is 25.4 Å². The number of hydrogen-bond acceptors (Lipinski definition) is 5. The van der Waals surface area contributed by atoms with Crippen LogP contribution in [-0.4, -0.2) is 46.1 Å². The largest absolute Gasteiger partial charge is 0.508 e. The van der Waals surface area contributed by atoms with Gasteiger partial charge in [0.2, 0.25) is 5.91 Å². The predicted molar refractivity (Wildman–Crippen MR) is 184 cm³/mol. The number of ether oxygens (including phenoxy) is 1. The van der Waals surface area contributed by atoms with Crippen molar-refractivity contribution in [2.75, 3.05) is 11.9 Å². The van der Waals surface area contributed by atoms with E-state index >= 15 is 0 Å². The monoisotopic (exact) mass is 629 g/mol. The third kappa shape index (κ3) is 11.2. The first kappa shape index (κ1) is 36.1. The van der Waals surface area contributed by atoms with Crippen LogP contribution < -0.4 is 10.6 Å². The van der Waals surface area contributed by atoms with Gasteiger partial charge in [-0.15, -0.1) is 0 Å². The van der Waals surface area contributed by atoms with E-state index in [1.54, 1.807) is 49.9 Å². The number of unbranched alkanes of at least 4 members (excludes halogenated alkanes) is 5. The summed E-state index contributed by atoms with van der Waals surface area (Å²) in [6.45, 7) is 11.7. The number of carbonyl (C=O) groups is 3. The van der Waals surface area contributed by atoms with Crippen molar-refractivity contribution in [3.8, 4) is 5.75 Å². The zero-order valence-corrected chi connectivity index (χ0v) is 28.3. The van der Waals surface area contributed by atoms with Crippen molar-refractivity contribution >= 4 is 23.6 Å². The SMILES string of the molecule is CCCCCCCCN(C(=O)C(Cc1ccc(O)cc1)NC(=O)OC(C)(C)C)C(C(=O)Nc1c(C)cccc1C)c1ccccc1. The highest BCUT2D eigenvalue weighted by Crippen LogP contribution is 2.28. The molecule has 0 aliphatic rings. The fraction of sp³-hybridized carbons (Fsp3) is 0.447. The number of anilines is 1. The molecule has 0 spiro atoms. The Bertz CT molecular complexity index is 1400. The molecule has 2 atom stereocenters. The molecule has 0 heterocycles. The molecule has 0 aliphatic heterocycles. The second-order valence-electron chi connectivity index (χ2n) is 12.9. The number of hydrogen-bond donors (Lipinski definition) is 3. The van der Waals surface area contributed by atoms with Crippen molar-refractivity contribution in [2.24, 2.45) is 0 Å². The number of rotatable bonds is 15. The van der Waals surface area contributed by atoms with E-state index in [4.69, 9.17) is 4.74 Å². The zero-order valence-electron chi connectivity index (χ0n) is 28.3. The fourth-order valence-electron chi connectivity index (χ4n) is 5.46. The summed E-state index contributed by atoms with van der Waals surface area (Å²) in [5.74, 6) is -0.620. The molecule has 3 aromatic carbocycles. The lowest BCUT2D eigenvalue weighted by Gasteiger charge is -2.35. The highest BCUT2D eigenvalue weighted by Gasteiger charge is 2.36. The van der Waals surface area contributed by atoms with E-state index in [9.17, 15) is 19.5 Å². The molecule has 0 saturated heterocycles. The third-order valence-corrected chi connectivity index (χ3v) is 7.81. The van der Waals surface area contributed by atoms with Crippen LogP contribution in [0.3, 0.4) is 0 Å². The van der Waals surface area contributed by atoms with Gasteiger partial charge in [-0.3, -0.25) is 9.59 Å². The Labute approximate surface area is 274 Å². The van der Waals surface area contributed by atoms with Gasteiger partial charge in [-0.2, -0.15) is 0 Å². The summed E-state index contributed by atoms with van der Waals surface area (Å²) in [5.41, 5.74) is 3.20. The van der Waals surface area contributed by atoms with Gasteiger partial charge in [-0.25, -0.2) is 4.79 Å². The summed E-state index contributed by atoms with van der Waals surface area (Å²) in [7, 11) is 0. The molecule has 3 rings (SSSR count). The molecule has 3 aromatic rings. The van der Waals surface area contributed by atoms with Gasteiger partial charge >= 0.3 is 6.09 Å². The predicted octanol–water partition coefficient (Wildman–Crippen LogP) is 8.01. The van der Waals surface area contributed by atoms with Crippen LogP contribution in [0, 0.1) is 13.8 Å². The summed E-state index contributed by atoms with van der Waals surface area (Å²) in [5, 5.41) is 15.8. The topological polar surface area (TPSA) is 108 Å². The Hall–Kier alpha value is -4.33. The average Bonchev–Trinajstić information content (AvgIpc) is 3.00. The first-order valence-electron chi connectivity index (χ1n) is 16.4. The van der Waals surface area contributed by atoms with Gasteiger partial charge in [0.25, 0.3) is 5.91 Å². The average molecular weight is 630 g/mol. The molecular weight excluding hydrogens is 578 g/mol. The van der Waals surface area contributed by atoms with Crippen LogP contribution in [0.1, 0.15) is 94.5 Å². The molecule has 0 aliphatic carbocycles. The summed E-state index contributed by atoms with van der Waals surface area (Å²) in [6.07, 6.45) is 5.47. The van der Waals surface area contributed by atoms with Crippen molar-refractivity contribution in [2.45, 2.75) is 104 Å². The Kier molecular flexibility index (Phi) is 13.7. The summed E-state index contributed by atoms with van der Waals surface area (Å²) < 4.78 is 5.55. The van der Waals surface area contributed by atoms with Crippen molar-refractivity contribution < 1.29 is 24.2 Å². The Morgan fingerprint density at radius 2 is 1.43 bits per heavy atom. The molecule has 3 amide bonds. The second kappa shape index (κ2) is 17.4. The number of carbonyl (C=O) groups excluding carboxylic acids is 3. The van der Waals surface area contributed by atoms with Gasteiger partial charge in [0.1, 0.15) is 23.4 Å². The molecule has 0 radical (unpaired) electrons. The van der Waals surface area contributed by atoms with Crippen LogP contribution >= 0.6 is 0 Å². The van der Waals surface area contributed by atoms with Gasteiger partial charge in [0.15, 0.2) is 0 Å². The number of alkyl carbamates (subject to hydrolysis) is 1. The Morgan fingerprint density at radius 1 is 0.826 bits per heavy atom. The highest BCUT2D eigenvalue weighted by atomic mass is 16.6. The van der Waals surface area contributed by atoms with E-state index in [0.717, 1.165) is 48.8 Å². The maximum absolute atomic E-state index is 14.7. The van der Waals surface area contributed by atoms with Crippen molar-refractivity contribution in [1.29, 1.82) is 0 Å². The van der Waals surface area contributed by atoms with Gasteiger partial charge in [-0.1, -0.05) is 99.7 Å². The van der Waals surface area contributed by atoms with E-state index in [0.29, 0.717) is 24.2 Å². The fourth-order valence-corrected chi connectivity index (χ4v) is 5.46. The number of amides is 3. The van der Waals surface area contributed by atoms with Crippen molar-refractivity contribution in [3.05, 3.63) is 95.1 Å². The maximum Gasteiger partial charge on any atom is 0.408 e. The Morgan fingerprint density at radius 3 is 2.04 bits per heavy atom. The van der Waals surface area contributed by atoms with Crippen LogP contribution in [0.4, 0.5) is 10.5 Å². The van der Waals surface area contributed by atoms with Gasteiger partial charge in [-0.05, 0) is 75.4 Å². The first-order valence-corrected chi connectivity index (χ1v) is 16.4. The summed E-state index contributed by atoms with van der Waals surface area (Å²) in [4.78, 5) is 43.7. The van der Waals surface area contributed by atoms with Gasteiger partial charge in [0, 0.05) is 18.7 Å². The number of nitrogens with zero attached hydrogens (tertiary/aromatic N) is 1. The molecule has 2 unspecified atom stereocenters. The van der Waals surface area contributed by atoms with E-state index in [-0.39, 0.29) is 18.1 Å². The van der Waals surface area contributed by atoms with E-state index in [1.165, 1.54) is 0 Å². The van der Waals surface area contributed by atoms with Gasteiger partial charge in [0.05, 0.1) is 0 Å². The molecule has 8 heteroatoms. The quantitative estimate of drug-likeness (QED) is 0.148. The number of phenolic OH excluding ortho intramolecular Hbond substituents is 1. The smallest absolute Gasteiger partial charge is 0.408 e. The zero-order chi connectivity index (χ0) is 33.7. The van der Waals surface area contributed by atoms with Crippen LogP contribution in [0.5, 0.6) is 5.75 Å². The second-order valence-corrected chi connectivity index (χ2v) is 12.9. The van der Waals surface area contributed by atoms with Crippen molar-refractivity contribution in [1.82, 2.24) is 10.2 Å². The van der Waals surface area contributed by atoms with Crippen molar-refractivity contribution in [3.63, 3.8) is 0 Å². The van der Waals surface area contributed by atoms with E-state index in [1.807, 2.05) is 62.4 Å². The minimum Gasteiger partial charge on any atom is -0.508 e. The number of aryl methyl sites for hydroxylation is 2. The molecular formula is C38H51N3O5. The molecule has 3 N–H and O–H groups in total. The molecule has 8 nitrogen and oxygen atoms in total. The number of aromatic hydroxyl groups is 1. The third-order valence-electron chi connectivity index (χ3n) is 7.81. The minimum absolute atomic E-state index is 0.101. The molecule has 0 bridgehead atoms. The molecule has 0 fully saturated rings. The lowest BCUT2D eigenvalue weighted by molar-refractivity contribution is -0.140. The summed E-state index contributed by atoms with van der Waals surface area (Å²) in [6, 6.07) is 19.7. The molecule has 0 aromatic heterocycles. The van der Waals surface area contributed by atoms with E-state index in [2.05, 4.69) is 17.6 Å². The van der Waals surface area contributed by atoms with E-state index < -0.39 is 29.7 Å². The lowest BCUT2D eigenvalue weighted by atomic mass is 9.99. The van der Waals surface area contributed by atoms with Crippen LogP contribution in [0.25, 0.3) is 0 Å². The number of para-hydroxylation sites is 1. The molecule has 248 valence electrons. The molecule has 0 saturated carbocycles. The maximum atomic E-state index is 14.7.